The molecule has 0 spiro atoms. The lowest BCUT2D eigenvalue weighted by molar-refractivity contribution is 0.901. The summed E-state index contributed by atoms with van der Waals surface area (Å²) in [6.45, 7) is 11.5. The van der Waals surface area contributed by atoms with Gasteiger partial charge in [0.05, 0.1) is 0 Å². The van der Waals surface area contributed by atoms with Crippen molar-refractivity contribution in [2.24, 2.45) is 0 Å². The van der Waals surface area contributed by atoms with Gasteiger partial charge >= 0.3 is 0 Å². The molecular weight excluding hydrogens is 224 g/mol. The molecule has 0 fully saturated rings. The van der Waals surface area contributed by atoms with Crippen LogP contribution in [0, 0.1) is 6.92 Å². The van der Waals surface area contributed by atoms with Crippen molar-refractivity contribution in [2.75, 3.05) is 6.26 Å². The van der Waals surface area contributed by atoms with Crippen LogP contribution in [0.25, 0.3) is 0 Å². The van der Waals surface area contributed by atoms with E-state index < -0.39 is 0 Å². The average molecular weight is 250 g/mol. The van der Waals surface area contributed by atoms with Crippen molar-refractivity contribution >= 4 is 11.8 Å². The standard InChI is InChI=1S/C16H26S/c1-7-12-11(5)13(8-2)15(10-4)16(17-6)14(12)9-3/h7-10H2,1-6H3. The van der Waals surface area contributed by atoms with Gasteiger partial charge in [-0.1, -0.05) is 27.7 Å². The van der Waals surface area contributed by atoms with E-state index in [1.807, 2.05) is 11.8 Å². The van der Waals surface area contributed by atoms with Crippen LogP contribution in [0.5, 0.6) is 0 Å². The first-order valence-electron chi connectivity index (χ1n) is 6.86. The highest BCUT2D eigenvalue weighted by molar-refractivity contribution is 7.98. The first-order valence-corrected chi connectivity index (χ1v) is 8.08. The summed E-state index contributed by atoms with van der Waals surface area (Å²) in [7, 11) is 0. The first-order chi connectivity index (χ1) is 8.15. The van der Waals surface area contributed by atoms with Gasteiger partial charge in [0, 0.05) is 4.90 Å². The second kappa shape index (κ2) is 6.49. The van der Waals surface area contributed by atoms with Crippen molar-refractivity contribution < 1.29 is 0 Å². The van der Waals surface area contributed by atoms with E-state index in [1.54, 1.807) is 32.7 Å². The SMILES string of the molecule is CCc1c(C)c(CC)c(CC)c(SC)c1CC. The molecule has 0 aliphatic carbocycles. The van der Waals surface area contributed by atoms with E-state index in [9.17, 15) is 0 Å². The molecule has 1 rings (SSSR count). The minimum atomic E-state index is 1.16. The van der Waals surface area contributed by atoms with Gasteiger partial charge < -0.3 is 0 Å². The van der Waals surface area contributed by atoms with Crippen molar-refractivity contribution in [2.45, 2.75) is 65.2 Å². The zero-order valence-corrected chi connectivity index (χ0v) is 13.1. The van der Waals surface area contributed by atoms with Crippen LogP contribution < -0.4 is 0 Å². The van der Waals surface area contributed by atoms with E-state index in [0.29, 0.717) is 0 Å². The van der Waals surface area contributed by atoms with E-state index >= 15 is 0 Å². The molecule has 0 unspecified atom stereocenters. The fourth-order valence-electron chi connectivity index (χ4n) is 3.04. The monoisotopic (exact) mass is 250 g/mol. The van der Waals surface area contributed by atoms with Crippen LogP contribution in [0.2, 0.25) is 0 Å². The van der Waals surface area contributed by atoms with E-state index in [4.69, 9.17) is 0 Å². The molecule has 0 bridgehead atoms. The second-order valence-electron chi connectivity index (χ2n) is 4.49. The number of thioether (sulfide) groups is 1. The Morgan fingerprint density at radius 3 is 1.29 bits per heavy atom. The third-order valence-corrected chi connectivity index (χ3v) is 4.70. The van der Waals surface area contributed by atoms with Crippen LogP contribution in [-0.4, -0.2) is 6.26 Å². The largest absolute Gasteiger partial charge is 0.129 e. The minimum absolute atomic E-state index is 1.16. The quantitative estimate of drug-likeness (QED) is 0.665. The van der Waals surface area contributed by atoms with Gasteiger partial charge in [0.15, 0.2) is 0 Å². The van der Waals surface area contributed by atoms with Crippen molar-refractivity contribution in [3.05, 3.63) is 27.8 Å². The minimum Gasteiger partial charge on any atom is -0.129 e. The third-order valence-electron chi connectivity index (χ3n) is 3.80. The Morgan fingerprint density at radius 1 is 0.706 bits per heavy atom. The van der Waals surface area contributed by atoms with E-state index in [-0.39, 0.29) is 0 Å². The van der Waals surface area contributed by atoms with E-state index in [2.05, 4.69) is 40.9 Å². The number of rotatable bonds is 5. The van der Waals surface area contributed by atoms with Crippen molar-refractivity contribution in [3.63, 3.8) is 0 Å². The molecule has 0 aromatic heterocycles. The van der Waals surface area contributed by atoms with Crippen LogP contribution in [0.4, 0.5) is 0 Å². The van der Waals surface area contributed by atoms with Crippen molar-refractivity contribution in [3.8, 4) is 0 Å². The average Bonchev–Trinajstić information content (AvgIpc) is 2.36. The molecule has 96 valence electrons. The predicted molar refractivity (Wildman–Crippen MR) is 80.5 cm³/mol. The Balaban J connectivity index is 3.66. The Kier molecular flexibility index (Phi) is 5.58. The molecule has 0 saturated heterocycles. The molecule has 0 aliphatic heterocycles. The van der Waals surface area contributed by atoms with Crippen molar-refractivity contribution in [1.29, 1.82) is 0 Å². The molecule has 0 aliphatic rings. The smallest absolute Gasteiger partial charge is 0.0139 e. The van der Waals surface area contributed by atoms with Crippen molar-refractivity contribution in [1.82, 2.24) is 0 Å². The Bertz CT molecular complexity index is 358. The number of hydrogen-bond donors (Lipinski definition) is 0. The molecule has 0 amide bonds. The van der Waals surface area contributed by atoms with E-state index in [1.165, 1.54) is 12.8 Å². The van der Waals surface area contributed by atoms with Crippen LogP contribution in [0.3, 0.4) is 0 Å². The van der Waals surface area contributed by atoms with Crippen LogP contribution in [0.1, 0.15) is 55.5 Å². The zero-order chi connectivity index (χ0) is 13.0. The molecule has 0 atom stereocenters. The molecule has 1 aromatic rings. The van der Waals surface area contributed by atoms with E-state index in [0.717, 1.165) is 12.8 Å². The van der Waals surface area contributed by atoms with Crippen LogP contribution in [0.15, 0.2) is 4.90 Å². The summed E-state index contributed by atoms with van der Waals surface area (Å²) in [4.78, 5) is 1.56. The summed E-state index contributed by atoms with van der Waals surface area (Å²) >= 11 is 1.94. The summed E-state index contributed by atoms with van der Waals surface area (Å²) < 4.78 is 0. The first kappa shape index (κ1) is 14.6. The summed E-state index contributed by atoms with van der Waals surface area (Å²) in [5, 5.41) is 0. The Hall–Kier alpha value is -0.430. The maximum absolute atomic E-state index is 2.32. The maximum Gasteiger partial charge on any atom is 0.0139 e. The zero-order valence-electron chi connectivity index (χ0n) is 12.2. The number of benzene rings is 1. The Morgan fingerprint density at radius 2 is 1.06 bits per heavy atom. The highest BCUT2D eigenvalue weighted by atomic mass is 32.2. The number of hydrogen-bond acceptors (Lipinski definition) is 1. The van der Waals surface area contributed by atoms with Gasteiger partial charge in [-0.05, 0) is 66.7 Å². The van der Waals surface area contributed by atoms with Gasteiger partial charge in [-0.2, -0.15) is 0 Å². The third kappa shape index (κ3) is 2.54. The highest BCUT2D eigenvalue weighted by Gasteiger charge is 2.17. The molecule has 0 nitrogen and oxygen atoms in total. The topological polar surface area (TPSA) is 0 Å². The molecule has 1 aromatic carbocycles. The van der Waals surface area contributed by atoms with Gasteiger partial charge in [0.1, 0.15) is 0 Å². The lowest BCUT2D eigenvalue weighted by Gasteiger charge is -2.22. The molecule has 1 heteroatoms. The van der Waals surface area contributed by atoms with Crippen LogP contribution >= 0.6 is 11.8 Å². The molecule has 0 heterocycles. The molecule has 0 N–H and O–H groups in total. The highest BCUT2D eigenvalue weighted by Crippen LogP contribution is 2.35. The summed E-state index contributed by atoms with van der Waals surface area (Å²) in [6, 6.07) is 0. The normalized spacial score (nSPS) is 10.9. The molecule has 0 saturated carbocycles. The van der Waals surface area contributed by atoms with Gasteiger partial charge in [-0.25, -0.2) is 0 Å². The lowest BCUT2D eigenvalue weighted by atomic mass is 9.87. The summed E-state index contributed by atoms with van der Waals surface area (Å²) in [5.74, 6) is 0. The molecule has 0 radical (unpaired) electrons. The predicted octanol–water partition coefficient (Wildman–Crippen LogP) is 4.97. The van der Waals surface area contributed by atoms with Gasteiger partial charge in [0.25, 0.3) is 0 Å². The lowest BCUT2D eigenvalue weighted by Crippen LogP contribution is -2.07. The van der Waals surface area contributed by atoms with Gasteiger partial charge in [-0.15, -0.1) is 11.8 Å². The Labute approximate surface area is 111 Å². The van der Waals surface area contributed by atoms with Gasteiger partial charge in [0.2, 0.25) is 0 Å². The summed E-state index contributed by atoms with van der Waals surface area (Å²) in [5.41, 5.74) is 7.97. The van der Waals surface area contributed by atoms with Gasteiger partial charge in [-0.3, -0.25) is 0 Å². The molecule has 17 heavy (non-hydrogen) atoms. The fourth-order valence-corrected chi connectivity index (χ4v) is 4.07. The second-order valence-corrected chi connectivity index (χ2v) is 5.30. The molecular formula is C16H26S. The summed E-state index contributed by atoms with van der Waals surface area (Å²) in [6.07, 6.45) is 6.88. The van der Waals surface area contributed by atoms with Crippen LogP contribution in [-0.2, 0) is 25.7 Å². The maximum atomic E-state index is 2.32. The fraction of sp³-hybridized carbons (Fsp3) is 0.625.